The predicted molar refractivity (Wildman–Crippen MR) is 44.9 cm³/mol. The largest absolute Gasteiger partial charge is 0.264 e. The SMILES string of the molecule is Bc1cncc(Br)c1C. The summed E-state index contributed by atoms with van der Waals surface area (Å²) in [6, 6.07) is 0. The first-order valence-corrected chi connectivity index (χ1v) is 3.58. The molecule has 0 spiro atoms. The molecule has 0 aromatic carbocycles. The number of hydrogen-bond acceptors (Lipinski definition) is 1. The average molecular weight is 184 g/mol. The van der Waals surface area contributed by atoms with Gasteiger partial charge in [0.15, 0.2) is 0 Å². The van der Waals surface area contributed by atoms with E-state index < -0.39 is 0 Å². The van der Waals surface area contributed by atoms with E-state index in [1.807, 2.05) is 20.2 Å². The Bertz CT molecular complexity index is 204. The molecular formula is C6H7BBrN. The second-order valence-electron chi connectivity index (χ2n) is 2.06. The summed E-state index contributed by atoms with van der Waals surface area (Å²) in [4.78, 5) is 4.00. The van der Waals surface area contributed by atoms with Gasteiger partial charge < -0.3 is 0 Å². The van der Waals surface area contributed by atoms with Crippen LogP contribution in [0.15, 0.2) is 16.9 Å². The van der Waals surface area contributed by atoms with Crippen molar-refractivity contribution >= 4 is 29.2 Å². The van der Waals surface area contributed by atoms with Gasteiger partial charge in [0.25, 0.3) is 0 Å². The number of rotatable bonds is 0. The Morgan fingerprint density at radius 2 is 2.22 bits per heavy atom. The zero-order valence-corrected chi connectivity index (χ0v) is 7.07. The van der Waals surface area contributed by atoms with Crippen LogP contribution in [0.3, 0.4) is 0 Å². The zero-order chi connectivity index (χ0) is 6.85. The van der Waals surface area contributed by atoms with E-state index >= 15 is 0 Å². The van der Waals surface area contributed by atoms with Gasteiger partial charge in [-0.3, -0.25) is 4.98 Å². The number of hydrogen-bond donors (Lipinski definition) is 0. The molecule has 0 radical (unpaired) electrons. The van der Waals surface area contributed by atoms with E-state index in [1.165, 1.54) is 11.0 Å². The highest BCUT2D eigenvalue weighted by Gasteiger charge is 1.94. The molecule has 0 saturated heterocycles. The van der Waals surface area contributed by atoms with Gasteiger partial charge in [0, 0.05) is 16.9 Å². The molecule has 0 atom stereocenters. The van der Waals surface area contributed by atoms with Crippen molar-refractivity contribution in [1.29, 1.82) is 0 Å². The fourth-order valence-electron chi connectivity index (χ4n) is 0.597. The molecule has 0 aliphatic rings. The average Bonchev–Trinajstić information content (AvgIpc) is 1.83. The van der Waals surface area contributed by atoms with Crippen LogP contribution in [0.2, 0.25) is 0 Å². The number of nitrogens with zero attached hydrogens (tertiary/aromatic N) is 1. The van der Waals surface area contributed by atoms with Crippen LogP contribution < -0.4 is 5.46 Å². The highest BCUT2D eigenvalue weighted by Crippen LogP contribution is 2.09. The van der Waals surface area contributed by atoms with Gasteiger partial charge in [0.1, 0.15) is 7.85 Å². The highest BCUT2D eigenvalue weighted by atomic mass is 79.9. The fraction of sp³-hybridized carbons (Fsp3) is 0.167. The first-order chi connectivity index (χ1) is 4.22. The molecular weight excluding hydrogens is 177 g/mol. The Balaban J connectivity index is 3.25. The minimum Gasteiger partial charge on any atom is -0.264 e. The quantitative estimate of drug-likeness (QED) is 0.532. The van der Waals surface area contributed by atoms with Crippen molar-refractivity contribution in [3.05, 3.63) is 22.4 Å². The molecule has 1 aromatic heterocycles. The maximum Gasteiger partial charge on any atom is 0.141 e. The maximum absolute atomic E-state index is 4.00. The summed E-state index contributed by atoms with van der Waals surface area (Å²) >= 11 is 3.38. The highest BCUT2D eigenvalue weighted by molar-refractivity contribution is 9.10. The molecule has 1 aromatic rings. The smallest absolute Gasteiger partial charge is 0.141 e. The summed E-state index contributed by atoms with van der Waals surface area (Å²) < 4.78 is 1.09. The topological polar surface area (TPSA) is 12.9 Å². The summed E-state index contributed by atoms with van der Waals surface area (Å²) in [5.41, 5.74) is 2.49. The molecule has 9 heavy (non-hydrogen) atoms. The Morgan fingerprint density at radius 3 is 2.67 bits per heavy atom. The zero-order valence-electron chi connectivity index (χ0n) is 5.48. The van der Waals surface area contributed by atoms with Crippen LogP contribution in [-0.4, -0.2) is 12.8 Å². The lowest BCUT2D eigenvalue weighted by atomic mass is 9.94. The van der Waals surface area contributed by atoms with E-state index in [4.69, 9.17) is 0 Å². The summed E-state index contributed by atoms with van der Waals surface area (Å²) in [5, 5.41) is 0. The van der Waals surface area contributed by atoms with Crippen LogP contribution in [0.5, 0.6) is 0 Å². The first-order valence-electron chi connectivity index (χ1n) is 2.78. The molecule has 1 nitrogen and oxygen atoms in total. The molecule has 0 amide bonds. The van der Waals surface area contributed by atoms with E-state index in [1.54, 1.807) is 0 Å². The lowest BCUT2D eigenvalue weighted by molar-refractivity contribution is 1.29. The van der Waals surface area contributed by atoms with Gasteiger partial charge in [-0.15, -0.1) is 0 Å². The fourth-order valence-corrected chi connectivity index (χ4v) is 1.03. The van der Waals surface area contributed by atoms with Gasteiger partial charge in [-0.25, -0.2) is 0 Å². The molecule has 3 heteroatoms. The summed E-state index contributed by atoms with van der Waals surface area (Å²) in [6.45, 7) is 2.07. The second kappa shape index (κ2) is 2.52. The predicted octanol–water partition coefficient (Wildman–Crippen LogP) is 0.411. The van der Waals surface area contributed by atoms with E-state index in [0.717, 1.165) is 4.47 Å². The third-order valence-corrected chi connectivity index (χ3v) is 2.21. The Morgan fingerprint density at radius 1 is 1.56 bits per heavy atom. The molecule has 0 unspecified atom stereocenters. The molecule has 46 valence electrons. The number of halogens is 1. The molecule has 0 aliphatic heterocycles. The summed E-state index contributed by atoms with van der Waals surface area (Å²) in [5.74, 6) is 0. The van der Waals surface area contributed by atoms with Crippen LogP contribution in [0, 0.1) is 6.92 Å². The van der Waals surface area contributed by atoms with Gasteiger partial charge in [-0.2, -0.15) is 0 Å². The van der Waals surface area contributed by atoms with Crippen LogP contribution in [0.4, 0.5) is 0 Å². The van der Waals surface area contributed by atoms with E-state index in [2.05, 4.69) is 27.8 Å². The monoisotopic (exact) mass is 183 g/mol. The maximum atomic E-state index is 4.00. The van der Waals surface area contributed by atoms with Crippen LogP contribution in [-0.2, 0) is 0 Å². The molecule has 0 aliphatic carbocycles. The van der Waals surface area contributed by atoms with E-state index in [0.29, 0.717) is 0 Å². The van der Waals surface area contributed by atoms with Crippen molar-refractivity contribution in [2.45, 2.75) is 6.92 Å². The van der Waals surface area contributed by atoms with Crippen LogP contribution in [0.1, 0.15) is 5.56 Å². The van der Waals surface area contributed by atoms with Crippen molar-refractivity contribution in [2.24, 2.45) is 0 Å². The molecule has 0 bridgehead atoms. The third-order valence-electron chi connectivity index (χ3n) is 1.41. The lowest BCUT2D eigenvalue weighted by Crippen LogP contribution is -2.07. The summed E-state index contributed by atoms with van der Waals surface area (Å²) in [6.07, 6.45) is 3.67. The minimum absolute atomic E-state index is 1.09. The second-order valence-corrected chi connectivity index (χ2v) is 2.92. The lowest BCUT2D eigenvalue weighted by Gasteiger charge is -1.98. The normalized spacial score (nSPS) is 9.56. The Hall–Kier alpha value is -0.305. The number of pyridine rings is 1. The van der Waals surface area contributed by atoms with E-state index in [9.17, 15) is 0 Å². The Kier molecular flexibility index (Phi) is 1.91. The van der Waals surface area contributed by atoms with Crippen molar-refractivity contribution in [3.63, 3.8) is 0 Å². The van der Waals surface area contributed by atoms with E-state index in [-0.39, 0.29) is 0 Å². The standard InChI is InChI=1S/C6H7BBrN/c1-4-5(7)2-9-3-6(4)8/h2-3H,7H2,1H3. The van der Waals surface area contributed by atoms with Crippen molar-refractivity contribution in [2.75, 3.05) is 0 Å². The third kappa shape index (κ3) is 1.33. The van der Waals surface area contributed by atoms with Crippen molar-refractivity contribution in [3.8, 4) is 0 Å². The van der Waals surface area contributed by atoms with Gasteiger partial charge in [-0.1, -0.05) is 5.46 Å². The van der Waals surface area contributed by atoms with Crippen LogP contribution in [0.25, 0.3) is 0 Å². The molecule has 0 N–H and O–H groups in total. The molecule has 1 rings (SSSR count). The Labute approximate surface area is 64.0 Å². The minimum atomic E-state index is 1.09. The van der Waals surface area contributed by atoms with Gasteiger partial charge in [0.2, 0.25) is 0 Å². The van der Waals surface area contributed by atoms with Gasteiger partial charge >= 0.3 is 0 Å². The molecule has 0 saturated carbocycles. The van der Waals surface area contributed by atoms with Crippen molar-refractivity contribution < 1.29 is 0 Å². The van der Waals surface area contributed by atoms with Crippen molar-refractivity contribution in [1.82, 2.24) is 4.98 Å². The first kappa shape index (κ1) is 6.81. The number of aromatic nitrogens is 1. The van der Waals surface area contributed by atoms with Gasteiger partial charge in [0.05, 0.1) is 0 Å². The van der Waals surface area contributed by atoms with Crippen LogP contribution >= 0.6 is 15.9 Å². The van der Waals surface area contributed by atoms with Gasteiger partial charge in [-0.05, 0) is 28.4 Å². The molecule has 1 heterocycles. The molecule has 0 fully saturated rings. The summed E-state index contributed by atoms with van der Waals surface area (Å²) in [7, 11) is 2.05.